The lowest BCUT2D eigenvalue weighted by Crippen LogP contribution is -2.23. The number of amides is 1. The summed E-state index contributed by atoms with van der Waals surface area (Å²) in [4.78, 5) is 10.9. The van der Waals surface area contributed by atoms with Gasteiger partial charge in [-0.1, -0.05) is 39.5 Å². The molecule has 0 aromatic rings. The molecule has 2 heteroatoms. The van der Waals surface area contributed by atoms with E-state index in [1.54, 1.807) is 0 Å². The number of nitrogens with two attached hydrogens (primary N) is 1. The highest BCUT2D eigenvalue weighted by Gasteiger charge is 2.12. The molecular weight excluding hydrogens is 150 g/mol. The molecule has 12 heavy (non-hydrogen) atoms. The first-order chi connectivity index (χ1) is 5.72. The molecule has 0 bridgehead atoms. The number of unbranched alkanes of at least 4 members (excludes halogenated alkanes) is 2. The molecular formula is C10H21NO. The zero-order valence-electron chi connectivity index (χ0n) is 8.31. The van der Waals surface area contributed by atoms with Crippen LogP contribution in [0.1, 0.15) is 52.4 Å². The zero-order valence-corrected chi connectivity index (χ0v) is 8.31. The van der Waals surface area contributed by atoms with E-state index < -0.39 is 0 Å². The Hall–Kier alpha value is -0.530. The van der Waals surface area contributed by atoms with Crippen molar-refractivity contribution in [3.05, 3.63) is 0 Å². The number of primary amides is 1. The van der Waals surface area contributed by atoms with Crippen LogP contribution in [0.3, 0.4) is 0 Å². The van der Waals surface area contributed by atoms with Crippen LogP contribution < -0.4 is 5.73 Å². The average Bonchev–Trinajstić information content (AvgIpc) is 2.04. The van der Waals surface area contributed by atoms with Gasteiger partial charge in [0.15, 0.2) is 0 Å². The molecule has 0 aliphatic carbocycles. The lowest BCUT2D eigenvalue weighted by atomic mass is 9.96. The van der Waals surface area contributed by atoms with Gasteiger partial charge < -0.3 is 5.73 Å². The third-order valence-corrected chi connectivity index (χ3v) is 2.21. The van der Waals surface area contributed by atoms with Gasteiger partial charge in [-0.25, -0.2) is 0 Å². The normalized spacial score (nSPS) is 10.6. The lowest BCUT2D eigenvalue weighted by molar-refractivity contribution is -0.122. The highest BCUT2D eigenvalue weighted by molar-refractivity contribution is 5.76. The molecule has 0 aliphatic rings. The molecule has 0 spiro atoms. The predicted molar refractivity (Wildman–Crippen MR) is 51.7 cm³/mol. The van der Waals surface area contributed by atoms with Crippen molar-refractivity contribution < 1.29 is 4.79 Å². The van der Waals surface area contributed by atoms with Crippen LogP contribution in [0.4, 0.5) is 0 Å². The third-order valence-electron chi connectivity index (χ3n) is 2.21. The first-order valence-corrected chi connectivity index (χ1v) is 5.01. The number of carbonyl (C=O) groups is 1. The van der Waals surface area contributed by atoms with Gasteiger partial charge in [0.05, 0.1) is 0 Å². The third kappa shape index (κ3) is 5.16. The van der Waals surface area contributed by atoms with Crippen LogP contribution in [0.5, 0.6) is 0 Å². The summed E-state index contributed by atoms with van der Waals surface area (Å²) in [5.74, 6) is 0.0156. The van der Waals surface area contributed by atoms with Crippen molar-refractivity contribution in [3.63, 3.8) is 0 Å². The first kappa shape index (κ1) is 11.5. The Bertz CT molecular complexity index is 115. The highest BCUT2D eigenvalue weighted by atomic mass is 16.1. The maximum Gasteiger partial charge on any atom is 0.220 e. The minimum absolute atomic E-state index is 0.114. The van der Waals surface area contributed by atoms with Gasteiger partial charge in [-0.3, -0.25) is 4.79 Å². The van der Waals surface area contributed by atoms with E-state index >= 15 is 0 Å². The van der Waals surface area contributed by atoms with E-state index in [2.05, 4.69) is 13.8 Å². The van der Waals surface area contributed by atoms with Gasteiger partial charge in [0, 0.05) is 5.92 Å². The molecule has 0 saturated heterocycles. The van der Waals surface area contributed by atoms with Crippen LogP contribution in [0, 0.1) is 5.92 Å². The fraction of sp³-hybridized carbons (Fsp3) is 0.900. The highest BCUT2D eigenvalue weighted by Crippen LogP contribution is 2.15. The first-order valence-electron chi connectivity index (χ1n) is 5.01. The summed E-state index contributed by atoms with van der Waals surface area (Å²) in [7, 11) is 0. The molecule has 0 heterocycles. The summed E-state index contributed by atoms with van der Waals surface area (Å²) in [6, 6.07) is 0. The summed E-state index contributed by atoms with van der Waals surface area (Å²) >= 11 is 0. The molecule has 0 atom stereocenters. The van der Waals surface area contributed by atoms with E-state index in [0.29, 0.717) is 0 Å². The minimum atomic E-state index is -0.114. The molecule has 0 rings (SSSR count). The summed E-state index contributed by atoms with van der Waals surface area (Å²) in [5, 5.41) is 0. The topological polar surface area (TPSA) is 43.1 Å². The van der Waals surface area contributed by atoms with E-state index in [0.717, 1.165) is 38.5 Å². The molecule has 72 valence electrons. The van der Waals surface area contributed by atoms with Crippen LogP contribution in [0.15, 0.2) is 0 Å². The standard InChI is InChI=1S/C10H21NO/c1-3-5-7-9(10(11)12)8-6-4-2/h9H,3-8H2,1-2H3,(H2,11,12). The van der Waals surface area contributed by atoms with Crippen LogP contribution in [0.2, 0.25) is 0 Å². The summed E-state index contributed by atoms with van der Waals surface area (Å²) < 4.78 is 0. The van der Waals surface area contributed by atoms with Crippen molar-refractivity contribution >= 4 is 5.91 Å². The van der Waals surface area contributed by atoms with Crippen molar-refractivity contribution in [3.8, 4) is 0 Å². The Labute approximate surface area is 75.5 Å². The van der Waals surface area contributed by atoms with Gasteiger partial charge in [-0.05, 0) is 12.8 Å². The number of carbonyl (C=O) groups excluding carboxylic acids is 1. The Morgan fingerprint density at radius 3 is 1.83 bits per heavy atom. The number of rotatable bonds is 7. The molecule has 0 aromatic carbocycles. The van der Waals surface area contributed by atoms with E-state index in [1.807, 2.05) is 0 Å². The van der Waals surface area contributed by atoms with Crippen molar-refractivity contribution in [2.24, 2.45) is 11.7 Å². The Kier molecular flexibility index (Phi) is 6.82. The summed E-state index contributed by atoms with van der Waals surface area (Å²) in [6.07, 6.45) is 6.50. The van der Waals surface area contributed by atoms with Gasteiger partial charge >= 0.3 is 0 Å². The van der Waals surface area contributed by atoms with Crippen molar-refractivity contribution in [1.82, 2.24) is 0 Å². The molecule has 0 unspecified atom stereocenters. The fourth-order valence-corrected chi connectivity index (χ4v) is 1.33. The fourth-order valence-electron chi connectivity index (χ4n) is 1.33. The Balaban J connectivity index is 3.62. The number of hydrogen-bond donors (Lipinski definition) is 1. The van der Waals surface area contributed by atoms with Crippen LogP contribution in [0.25, 0.3) is 0 Å². The smallest absolute Gasteiger partial charge is 0.220 e. The van der Waals surface area contributed by atoms with Crippen LogP contribution in [-0.2, 0) is 4.79 Å². The number of hydrogen-bond acceptors (Lipinski definition) is 1. The van der Waals surface area contributed by atoms with Crippen LogP contribution >= 0.6 is 0 Å². The van der Waals surface area contributed by atoms with E-state index in [-0.39, 0.29) is 11.8 Å². The van der Waals surface area contributed by atoms with Gasteiger partial charge in [0.2, 0.25) is 5.91 Å². The minimum Gasteiger partial charge on any atom is -0.369 e. The summed E-state index contributed by atoms with van der Waals surface area (Å²) in [5.41, 5.74) is 5.28. The zero-order chi connectivity index (χ0) is 9.40. The van der Waals surface area contributed by atoms with Crippen molar-refractivity contribution in [2.45, 2.75) is 52.4 Å². The predicted octanol–water partition coefficient (Wildman–Crippen LogP) is 2.47. The molecule has 0 saturated carbocycles. The Morgan fingerprint density at radius 1 is 1.17 bits per heavy atom. The maximum absolute atomic E-state index is 10.9. The van der Waals surface area contributed by atoms with E-state index in [4.69, 9.17) is 5.73 Å². The molecule has 0 fully saturated rings. The second-order valence-corrected chi connectivity index (χ2v) is 3.38. The van der Waals surface area contributed by atoms with Crippen LogP contribution in [-0.4, -0.2) is 5.91 Å². The summed E-state index contributed by atoms with van der Waals surface area (Å²) in [6.45, 7) is 4.27. The van der Waals surface area contributed by atoms with E-state index in [9.17, 15) is 4.79 Å². The van der Waals surface area contributed by atoms with Gasteiger partial charge in [-0.15, -0.1) is 0 Å². The average molecular weight is 171 g/mol. The second-order valence-electron chi connectivity index (χ2n) is 3.38. The second kappa shape index (κ2) is 7.14. The monoisotopic (exact) mass is 171 g/mol. The maximum atomic E-state index is 10.9. The van der Waals surface area contributed by atoms with Gasteiger partial charge in [0.1, 0.15) is 0 Å². The van der Waals surface area contributed by atoms with Crippen molar-refractivity contribution in [1.29, 1.82) is 0 Å². The molecule has 0 aromatic heterocycles. The molecule has 2 nitrogen and oxygen atoms in total. The SMILES string of the molecule is CCCCC(CCCC)C(N)=O. The Morgan fingerprint density at radius 2 is 1.58 bits per heavy atom. The quantitative estimate of drug-likeness (QED) is 0.628. The van der Waals surface area contributed by atoms with Crippen molar-refractivity contribution in [2.75, 3.05) is 0 Å². The molecule has 1 amide bonds. The van der Waals surface area contributed by atoms with Gasteiger partial charge in [0.25, 0.3) is 0 Å². The lowest BCUT2D eigenvalue weighted by Gasteiger charge is -2.11. The molecule has 0 aliphatic heterocycles. The van der Waals surface area contributed by atoms with Gasteiger partial charge in [-0.2, -0.15) is 0 Å². The molecule has 2 N–H and O–H groups in total. The largest absolute Gasteiger partial charge is 0.369 e. The molecule has 0 radical (unpaired) electrons. The van der Waals surface area contributed by atoms with E-state index in [1.165, 1.54) is 0 Å².